The van der Waals surface area contributed by atoms with Gasteiger partial charge in [-0.25, -0.2) is 4.39 Å². The van der Waals surface area contributed by atoms with Crippen LogP contribution in [0, 0.1) is 17.1 Å². The number of hydrogen-bond donors (Lipinski definition) is 1. The summed E-state index contributed by atoms with van der Waals surface area (Å²) < 4.78 is 18.4. The number of nitriles is 1. The van der Waals surface area contributed by atoms with Crippen molar-refractivity contribution in [3.63, 3.8) is 0 Å². The van der Waals surface area contributed by atoms with E-state index >= 15 is 0 Å². The first-order valence-electron chi connectivity index (χ1n) is 6.38. The molecule has 0 aliphatic carbocycles. The average Bonchev–Trinajstić information content (AvgIpc) is 2.96. The lowest BCUT2D eigenvalue weighted by atomic mass is 10.1. The standard InChI is InChI=1S/C16H11FN2O2/c17-14-3-4-15(12(6-14)7-18)19-16(20)10-1-2-11-8-21-9-13(11)5-10/h1-6H,8-9H2,(H,19,20). The van der Waals surface area contributed by atoms with Crippen molar-refractivity contribution >= 4 is 11.6 Å². The van der Waals surface area contributed by atoms with E-state index in [0.29, 0.717) is 24.5 Å². The molecule has 21 heavy (non-hydrogen) atoms. The Morgan fingerprint density at radius 1 is 1.19 bits per heavy atom. The maximum absolute atomic E-state index is 13.1. The first-order valence-corrected chi connectivity index (χ1v) is 6.38. The van der Waals surface area contributed by atoms with Crippen molar-refractivity contribution in [2.75, 3.05) is 5.32 Å². The van der Waals surface area contributed by atoms with Gasteiger partial charge < -0.3 is 10.1 Å². The van der Waals surface area contributed by atoms with Gasteiger partial charge in [-0.2, -0.15) is 5.26 Å². The minimum Gasteiger partial charge on any atom is -0.372 e. The molecule has 1 N–H and O–H groups in total. The van der Waals surface area contributed by atoms with Crippen LogP contribution < -0.4 is 5.32 Å². The lowest BCUT2D eigenvalue weighted by molar-refractivity contribution is 0.102. The van der Waals surface area contributed by atoms with Crippen molar-refractivity contribution in [3.05, 3.63) is 64.5 Å². The summed E-state index contributed by atoms with van der Waals surface area (Å²) in [5.74, 6) is -0.855. The van der Waals surface area contributed by atoms with Crippen LogP contribution in [-0.4, -0.2) is 5.91 Å². The van der Waals surface area contributed by atoms with Gasteiger partial charge in [0.25, 0.3) is 5.91 Å². The molecule has 2 aromatic carbocycles. The molecule has 0 spiro atoms. The van der Waals surface area contributed by atoms with Gasteiger partial charge in [0.05, 0.1) is 24.5 Å². The Labute approximate surface area is 120 Å². The highest BCUT2D eigenvalue weighted by molar-refractivity contribution is 6.05. The Morgan fingerprint density at radius 2 is 2.00 bits per heavy atom. The van der Waals surface area contributed by atoms with E-state index in [-0.39, 0.29) is 11.5 Å². The monoisotopic (exact) mass is 282 g/mol. The smallest absolute Gasteiger partial charge is 0.255 e. The van der Waals surface area contributed by atoms with Crippen molar-refractivity contribution in [2.45, 2.75) is 13.2 Å². The number of nitrogens with zero attached hydrogens (tertiary/aromatic N) is 1. The zero-order valence-electron chi connectivity index (χ0n) is 11.0. The summed E-state index contributed by atoms with van der Waals surface area (Å²) in [5.41, 5.74) is 2.93. The number of carbonyl (C=O) groups excluding carboxylic acids is 1. The Bertz CT molecular complexity index is 765. The van der Waals surface area contributed by atoms with E-state index in [9.17, 15) is 9.18 Å². The molecular weight excluding hydrogens is 271 g/mol. The number of nitrogens with one attached hydrogen (secondary N) is 1. The molecule has 1 heterocycles. The summed E-state index contributed by atoms with van der Waals surface area (Å²) in [5, 5.41) is 11.6. The maximum atomic E-state index is 13.1. The molecule has 0 unspecified atom stereocenters. The molecule has 3 rings (SSSR count). The van der Waals surface area contributed by atoms with Gasteiger partial charge in [0.2, 0.25) is 0 Å². The topological polar surface area (TPSA) is 62.1 Å². The number of rotatable bonds is 2. The van der Waals surface area contributed by atoms with Crippen molar-refractivity contribution in [3.8, 4) is 6.07 Å². The highest BCUT2D eigenvalue weighted by Gasteiger charge is 2.15. The second-order valence-electron chi connectivity index (χ2n) is 4.73. The molecular formula is C16H11FN2O2. The number of fused-ring (bicyclic) bond motifs is 1. The van der Waals surface area contributed by atoms with E-state index in [0.717, 1.165) is 17.2 Å². The zero-order valence-corrected chi connectivity index (χ0v) is 11.0. The van der Waals surface area contributed by atoms with Crippen molar-refractivity contribution < 1.29 is 13.9 Å². The van der Waals surface area contributed by atoms with Gasteiger partial charge in [-0.1, -0.05) is 6.07 Å². The minimum atomic E-state index is -0.515. The first kappa shape index (κ1) is 13.3. The molecule has 1 amide bonds. The van der Waals surface area contributed by atoms with Crippen LogP contribution in [0.4, 0.5) is 10.1 Å². The number of halogens is 1. The zero-order chi connectivity index (χ0) is 14.8. The SMILES string of the molecule is N#Cc1cc(F)ccc1NC(=O)c1ccc2c(c1)COC2. The molecule has 1 aliphatic rings. The third kappa shape index (κ3) is 2.62. The fraction of sp³-hybridized carbons (Fsp3) is 0.125. The van der Waals surface area contributed by atoms with Crippen molar-refractivity contribution in [1.82, 2.24) is 0 Å². The first-order chi connectivity index (χ1) is 10.2. The molecule has 0 atom stereocenters. The van der Waals surface area contributed by atoms with Gasteiger partial charge in [-0.15, -0.1) is 0 Å². The Morgan fingerprint density at radius 3 is 2.81 bits per heavy atom. The van der Waals surface area contributed by atoms with Gasteiger partial charge >= 0.3 is 0 Å². The summed E-state index contributed by atoms with van der Waals surface area (Å²) in [6.45, 7) is 1.06. The summed E-state index contributed by atoms with van der Waals surface area (Å²) in [7, 11) is 0. The third-order valence-corrected chi connectivity index (χ3v) is 3.33. The van der Waals surface area contributed by atoms with Crippen molar-refractivity contribution in [1.29, 1.82) is 5.26 Å². The molecule has 0 bridgehead atoms. The number of anilines is 1. The Hall–Kier alpha value is -2.71. The second kappa shape index (κ2) is 5.35. The fourth-order valence-corrected chi connectivity index (χ4v) is 2.23. The second-order valence-corrected chi connectivity index (χ2v) is 4.73. The predicted molar refractivity (Wildman–Crippen MR) is 74.0 cm³/mol. The molecule has 0 aromatic heterocycles. The minimum absolute atomic E-state index is 0.0906. The third-order valence-electron chi connectivity index (χ3n) is 3.33. The van der Waals surface area contributed by atoms with Gasteiger partial charge in [0.15, 0.2) is 0 Å². The van der Waals surface area contributed by atoms with Crippen molar-refractivity contribution in [2.24, 2.45) is 0 Å². The average molecular weight is 282 g/mol. The van der Waals surface area contributed by atoms with E-state index in [1.54, 1.807) is 12.1 Å². The lowest BCUT2D eigenvalue weighted by Crippen LogP contribution is -2.13. The molecule has 0 saturated heterocycles. The molecule has 104 valence electrons. The van der Waals surface area contributed by atoms with Crippen LogP contribution in [-0.2, 0) is 18.0 Å². The van der Waals surface area contributed by atoms with E-state index < -0.39 is 5.82 Å². The molecule has 0 fully saturated rings. The quantitative estimate of drug-likeness (QED) is 0.921. The highest BCUT2D eigenvalue weighted by atomic mass is 19.1. The van der Waals surface area contributed by atoms with Crippen LogP contribution in [0.3, 0.4) is 0 Å². The van der Waals surface area contributed by atoms with E-state index in [2.05, 4.69) is 5.32 Å². The van der Waals surface area contributed by atoms with Crippen LogP contribution in [0.1, 0.15) is 27.0 Å². The molecule has 4 nitrogen and oxygen atoms in total. The van der Waals surface area contributed by atoms with Gasteiger partial charge in [0.1, 0.15) is 11.9 Å². The highest BCUT2D eigenvalue weighted by Crippen LogP contribution is 2.22. The number of ether oxygens (including phenoxy) is 1. The lowest BCUT2D eigenvalue weighted by Gasteiger charge is -2.08. The van der Waals surface area contributed by atoms with Crippen LogP contribution in [0.5, 0.6) is 0 Å². The maximum Gasteiger partial charge on any atom is 0.255 e. The number of hydrogen-bond acceptors (Lipinski definition) is 3. The number of benzene rings is 2. The molecule has 1 aliphatic heterocycles. The summed E-state index contributed by atoms with van der Waals surface area (Å²) in [4.78, 5) is 12.2. The Kier molecular flexibility index (Phi) is 3.38. The fourth-order valence-electron chi connectivity index (χ4n) is 2.23. The molecule has 0 radical (unpaired) electrons. The summed E-state index contributed by atoms with van der Waals surface area (Å²) in [6.07, 6.45) is 0. The van der Waals surface area contributed by atoms with Crippen LogP contribution >= 0.6 is 0 Å². The molecule has 5 heteroatoms. The number of amides is 1. The molecule has 0 saturated carbocycles. The summed E-state index contributed by atoms with van der Waals surface area (Å²) >= 11 is 0. The normalized spacial score (nSPS) is 12.6. The van der Waals surface area contributed by atoms with E-state index in [1.807, 2.05) is 12.1 Å². The van der Waals surface area contributed by atoms with Gasteiger partial charge in [-0.05, 0) is 41.5 Å². The van der Waals surface area contributed by atoms with E-state index in [1.165, 1.54) is 12.1 Å². The van der Waals surface area contributed by atoms with Gasteiger partial charge in [-0.3, -0.25) is 4.79 Å². The van der Waals surface area contributed by atoms with Crippen LogP contribution in [0.25, 0.3) is 0 Å². The van der Waals surface area contributed by atoms with E-state index in [4.69, 9.17) is 10.00 Å². The van der Waals surface area contributed by atoms with Crippen LogP contribution in [0.2, 0.25) is 0 Å². The number of carbonyl (C=O) groups is 1. The molecule has 2 aromatic rings. The summed E-state index contributed by atoms with van der Waals surface area (Å²) in [6, 6.07) is 10.9. The van der Waals surface area contributed by atoms with Crippen LogP contribution in [0.15, 0.2) is 36.4 Å². The predicted octanol–water partition coefficient (Wildman–Crippen LogP) is 2.98. The van der Waals surface area contributed by atoms with Gasteiger partial charge in [0, 0.05) is 5.56 Å². The Balaban J connectivity index is 1.85. The largest absolute Gasteiger partial charge is 0.372 e.